The first kappa shape index (κ1) is 13.0. The summed E-state index contributed by atoms with van der Waals surface area (Å²) >= 11 is 0. The molecule has 1 rings (SSSR count). The number of carbonyl (C=O) groups is 2. The highest BCUT2D eigenvalue weighted by atomic mass is 16.4. The van der Waals surface area contributed by atoms with Crippen LogP contribution in [-0.4, -0.2) is 23.0 Å². The van der Waals surface area contributed by atoms with Gasteiger partial charge < -0.3 is 10.4 Å². The molecule has 16 heavy (non-hydrogen) atoms. The number of carboxylic acids is 1. The van der Waals surface area contributed by atoms with Gasteiger partial charge in [-0.05, 0) is 19.3 Å². The molecule has 1 aliphatic rings. The van der Waals surface area contributed by atoms with Crippen molar-refractivity contribution in [2.24, 2.45) is 5.41 Å². The predicted molar refractivity (Wildman–Crippen MR) is 61.0 cm³/mol. The van der Waals surface area contributed by atoms with Crippen LogP contribution >= 0.6 is 0 Å². The molecule has 4 heteroatoms. The summed E-state index contributed by atoms with van der Waals surface area (Å²) in [5, 5.41) is 11.6. The maximum atomic E-state index is 12.0. The summed E-state index contributed by atoms with van der Waals surface area (Å²) in [5.41, 5.74) is -0.346. The summed E-state index contributed by atoms with van der Waals surface area (Å²) in [4.78, 5) is 22.9. The summed E-state index contributed by atoms with van der Waals surface area (Å²) in [5.74, 6) is -1.03. The van der Waals surface area contributed by atoms with E-state index in [1.165, 1.54) is 0 Å². The molecule has 1 saturated carbocycles. The van der Waals surface area contributed by atoms with Crippen LogP contribution in [0.1, 0.15) is 52.4 Å². The molecule has 0 radical (unpaired) electrons. The molecule has 4 nitrogen and oxygen atoms in total. The van der Waals surface area contributed by atoms with Crippen LogP contribution in [0.4, 0.5) is 0 Å². The minimum absolute atomic E-state index is 0.0918. The fourth-order valence-corrected chi connectivity index (χ4v) is 2.26. The van der Waals surface area contributed by atoms with Gasteiger partial charge in [0, 0.05) is 5.41 Å². The molecule has 0 saturated heterocycles. The van der Waals surface area contributed by atoms with Crippen LogP contribution in [0.3, 0.4) is 0 Å². The van der Waals surface area contributed by atoms with Gasteiger partial charge in [-0.3, -0.25) is 4.79 Å². The molecule has 0 aromatic heterocycles. The molecule has 0 spiro atoms. The van der Waals surface area contributed by atoms with Crippen LogP contribution in [0.25, 0.3) is 0 Å². The van der Waals surface area contributed by atoms with Crippen LogP contribution < -0.4 is 5.32 Å². The van der Waals surface area contributed by atoms with E-state index in [1.54, 1.807) is 0 Å². The molecule has 92 valence electrons. The van der Waals surface area contributed by atoms with Crippen molar-refractivity contribution in [3.63, 3.8) is 0 Å². The highest BCUT2D eigenvalue weighted by Gasteiger charge is 2.37. The molecule has 1 aliphatic carbocycles. The van der Waals surface area contributed by atoms with E-state index in [-0.39, 0.29) is 11.3 Å². The quantitative estimate of drug-likeness (QED) is 0.754. The fraction of sp³-hybridized carbons (Fsp3) is 0.833. The average Bonchev–Trinajstić information content (AvgIpc) is 2.65. The van der Waals surface area contributed by atoms with E-state index in [2.05, 4.69) is 5.32 Å². The van der Waals surface area contributed by atoms with Crippen molar-refractivity contribution in [1.82, 2.24) is 5.32 Å². The lowest BCUT2D eigenvalue weighted by molar-refractivity contribution is -0.143. The number of carbonyl (C=O) groups excluding carboxylic acids is 1. The predicted octanol–water partition coefficient (Wildman–Crippen LogP) is 1.94. The Kier molecular flexibility index (Phi) is 4.33. The Bertz CT molecular complexity index is 269. The number of hydrogen-bond acceptors (Lipinski definition) is 2. The third kappa shape index (κ3) is 2.97. The van der Waals surface area contributed by atoms with Crippen LogP contribution in [0.2, 0.25) is 0 Å². The molecular weight excluding hydrogens is 206 g/mol. The van der Waals surface area contributed by atoms with Gasteiger partial charge in [0.25, 0.3) is 0 Å². The standard InChI is InChI=1S/C12H21NO3/c1-3-6-9(10(14)15)13-11(16)12(2)7-4-5-8-12/h9H,3-8H2,1-2H3,(H,13,16)(H,14,15)/t9-/m0/s1. The minimum atomic E-state index is -0.934. The van der Waals surface area contributed by atoms with Gasteiger partial charge in [0.2, 0.25) is 5.91 Å². The second-order valence-electron chi connectivity index (χ2n) is 4.92. The lowest BCUT2D eigenvalue weighted by Crippen LogP contribution is -2.46. The van der Waals surface area contributed by atoms with Crippen LogP contribution in [0.5, 0.6) is 0 Å². The lowest BCUT2D eigenvalue weighted by Gasteiger charge is -2.24. The van der Waals surface area contributed by atoms with Gasteiger partial charge in [-0.2, -0.15) is 0 Å². The Labute approximate surface area is 96.4 Å². The van der Waals surface area contributed by atoms with E-state index >= 15 is 0 Å². The first-order valence-corrected chi connectivity index (χ1v) is 6.03. The number of nitrogens with one attached hydrogen (secondary N) is 1. The van der Waals surface area contributed by atoms with Gasteiger partial charge in [-0.1, -0.05) is 33.1 Å². The van der Waals surface area contributed by atoms with Crippen molar-refractivity contribution in [1.29, 1.82) is 0 Å². The first-order valence-electron chi connectivity index (χ1n) is 6.03. The highest BCUT2D eigenvalue weighted by Crippen LogP contribution is 2.37. The second-order valence-corrected chi connectivity index (χ2v) is 4.92. The molecular formula is C12H21NO3. The van der Waals surface area contributed by atoms with E-state index in [4.69, 9.17) is 5.11 Å². The zero-order valence-electron chi connectivity index (χ0n) is 10.1. The number of rotatable bonds is 5. The molecule has 0 heterocycles. The SMILES string of the molecule is CCC[C@H](NC(=O)C1(C)CCCC1)C(=O)O. The second kappa shape index (κ2) is 5.32. The fourth-order valence-electron chi connectivity index (χ4n) is 2.26. The van der Waals surface area contributed by atoms with Gasteiger partial charge in [0.15, 0.2) is 0 Å². The summed E-state index contributed by atoms with van der Waals surface area (Å²) in [7, 11) is 0. The smallest absolute Gasteiger partial charge is 0.326 e. The summed E-state index contributed by atoms with van der Waals surface area (Å²) in [6.45, 7) is 3.85. The molecule has 1 fully saturated rings. The molecule has 1 atom stereocenters. The van der Waals surface area contributed by atoms with Crippen molar-refractivity contribution in [3.05, 3.63) is 0 Å². The Balaban J connectivity index is 2.57. The van der Waals surface area contributed by atoms with Crippen LogP contribution in [0.15, 0.2) is 0 Å². The monoisotopic (exact) mass is 227 g/mol. The van der Waals surface area contributed by atoms with Gasteiger partial charge >= 0.3 is 5.97 Å². The van der Waals surface area contributed by atoms with E-state index in [0.29, 0.717) is 6.42 Å². The topological polar surface area (TPSA) is 66.4 Å². The van der Waals surface area contributed by atoms with Gasteiger partial charge in [0.05, 0.1) is 0 Å². The van der Waals surface area contributed by atoms with Gasteiger partial charge in [0.1, 0.15) is 6.04 Å². The van der Waals surface area contributed by atoms with Crippen molar-refractivity contribution < 1.29 is 14.7 Å². The van der Waals surface area contributed by atoms with Crippen LogP contribution in [-0.2, 0) is 9.59 Å². The zero-order valence-corrected chi connectivity index (χ0v) is 10.1. The molecule has 0 aliphatic heterocycles. The first-order chi connectivity index (χ1) is 7.49. The maximum absolute atomic E-state index is 12.0. The van der Waals surface area contributed by atoms with Crippen molar-refractivity contribution >= 4 is 11.9 Å². The molecule has 0 aromatic rings. The molecule has 2 N–H and O–H groups in total. The van der Waals surface area contributed by atoms with E-state index in [0.717, 1.165) is 32.1 Å². The van der Waals surface area contributed by atoms with E-state index in [1.807, 2.05) is 13.8 Å². The molecule has 0 unspecified atom stereocenters. The Hall–Kier alpha value is -1.06. The van der Waals surface area contributed by atoms with Crippen molar-refractivity contribution in [2.45, 2.75) is 58.4 Å². The highest BCUT2D eigenvalue weighted by molar-refractivity contribution is 5.87. The molecule has 0 aromatic carbocycles. The maximum Gasteiger partial charge on any atom is 0.326 e. The summed E-state index contributed by atoms with van der Waals surface area (Å²) in [6.07, 6.45) is 5.13. The van der Waals surface area contributed by atoms with Gasteiger partial charge in [-0.15, -0.1) is 0 Å². The van der Waals surface area contributed by atoms with Crippen molar-refractivity contribution in [2.75, 3.05) is 0 Å². The summed E-state index contributed by atoms with van der Waals surface area (Å²) in [6, 6.07) is -0.727. The Morgan fingerprint density at radius 3 is 2.38 bits per heavy atom. The average molecular weight is 227 g/mol. The number of hydrogen-bond donors (Lipinski definition) is 2. The third-order valence-electron chi connectivity index (χ3n) is 3.44. The zero-order chi connectivity index (χ0) is 12.2. The van der Waals surface area contributed by atoms with Crippen LogP contribution in [0, 0.1) is 5.41 Å². The molecule has 0 bridgehead atoms. The molecule has 1 amide bonds. The number of carboxylic acid groups (broad SMARTS) is 1. The summed E-state index contributed by atoms with van der Waals surface area (Å²) < 4.78 is 0. The number of amides is 1. The lowest BCUT2D eigenvalue weighted by atomic mass is 9.87. The normalized spacial score (nSPS) is 20.4. The Morgan fingerprint density at radius 1 is 1.38 bits per heavy atom. The third-order valence-corrected chi connectivity index (χ3v) is 3.44. The van der Waals surface area contributed by atoms with Gasteiger partial charge in [-0.25, -0.2) is 4.79 Å². The minimum Gasteiger partial charge on any atom is -0.480 e. The van der Waals surface area contributed by atoms with E-state index < -0.39 is 12.0 Å². The van der Waals surface area contributed by atoms with Crippen molar-refractivity contribution in [3.8, 4) is 0 Å². The van der Waals surface area contributed by atoms with E-state index in [9.17, 15) is 9.59 Å². The largest absolute Gasteiger partial charge is 0.480 e. The number of aliphatic carboxylic acids is 1. The Morgan fingerprint density at radius 2 is 1.94 bits per heavy atom.